The number of carboxylic acid groups (broad SMARTS) is 3. The number of carboxylic acids is 3. The predicted octanol–water partition coefficient (Wildman–Crippen LogP) is -4.20. The van der Waals surface area contributed by atoms with Gasteiger partial charge in [-0.05, 0) is 0 Å². The van der Waals surface area contributed by atoms with Gasteiger partial charge in [0.25, 0.3) is 0 Å². The fraction of sp³-hybridized carbons (Fsp3) is 0.833. The van der Waals surface area contributed by atoms with Crippen molar-refractivity contribution in [1.82, 2.24) is 19.6 Å². The van der Waals surface area contributed by atoms with E-state index in [4.69, 9.17) is 5.11 Å². The van der Waals surface area contributed by atoms with E-state index in [9.17, 15) is 39.9 Å². The minimum Gasteiger partial charge on any atom is -0.480 e. The Morgan fingerprint density at radius 1 is 0.625 bits per heavy atom. The SMILES string of the molecule is O=C(O)CN1CCN(CC(=O)O)CCN([C@H](CO)[C@H](O)CO)CCN(CC(=O)O)CC1.[Ca]. The third kappa shape index (κ3) is 12.6. The Kier molecular flexibility index (Phi) is 16.6. The molecule has 1 rings (SSSR count). The Bertz CT molecular complexity index is 555. The minimum absolute atomic E-state index is 0. The van der Waals surface area contributed by atoms with Gasteiger partial charge in [-0.2, -0.15) is 0 Å². The molecule has 0 amide bonds. The van der Waals surface area contributed by atoms with Crippen LogP contribution in [0.5, 0.6) is 0 Å². The zero-order chi connectivity index (χ0) is 23.4. The van der Waals surface area contributed by atoms with Crippen molar-refractivity contribution in [3.8, 4) is 0 Å². The summed E-state index contributed by atoms with van der Waals surface area (Å²) in [5.74, 6) is -3.10. The van der Waals surface area contributed by atoms with Gasteiger partial charge in [-0.1, -0.05) is 0 Å². The Morgan fingerprint density at radius 3 is 1.19 bits per heavy atom. The number of nitrogens with zero attached hydrogens (tertiary/aromatic N) is 4. The molecule has 14 heteroatoms. The Morgan fingerprint density at radius 2 is 0.938 bits per heavy atom. The molecule has 0 aromatic rings. The molecule has 6 N–H and O–H groups in total. The van der Waals surface area contributed by atoms with E-state index in [-0.39, 0.29) is 110 Å². The van der Waals surface area contributed by atoms with Gasteiger partial charge < -0.3 is 30.6 Å². The summed E-state index contributed by atoms with van der Waals surface area (Å²) in [6, 6.07) is -0.796. The topological polar surface area (TPSA) is 186 Å². The average molecular weight is 491 g/mol. The number of aliphatic carboxylic acids is 3. The Balaban J connectivity index is 0.00000961. The zero-order valence-corrected chi connectivity index (χ0v) is 20.5. The van der Waals surface area contributed by atoms with Crippen molar-refractivity contribution in [3.63, 3.8) is 0 Å². The van der Waals surface area contributed by atoms with Crippen molar-refractivity contribution in [2.75, 3.05) is 85.2 Å². The van der Waals surface area contributed by atoms with Crippen molar-refractivity contribution in [3.05, 3.63) is 0 Å². The average Bonchev–Trinajstić information content (AvgIpc) is 2.68. The quantitative estimate of drug-likeness (QED) is 0.162. The van der Waals surface area contributed by atoms with Crippen LogP contribution in [0.4, 0.5) is 0 Å². The van der Waals surface area contributed by atoms with Crippen LogP contribution in [-0.4, -0.2) is 203 Å². The Labute approximate surface area is 216 Å². The van der Waals surface area contributed by atoms with Crippen molar-refractivity contribution in [1.29, 1.82) is 0 Å². The van der Waals surface area contributed by atoms with Crippen molar-refractivity contribution in [2.45, 2.75) is 12.1 Å². The van der Waals surface area contributed by atoms with Crippen LogP contribution in [0.25, 0.3) is 0 Å². The summed E-state index contributed by atoms with van der Waals surface area (Å²) in [5, 5.41) is 56.6. The number of hydrogen-bond acceptors (Lipinski definition) is 10. The second-order valence-electron chi connectivity index (χ2n) is 7.55. The molecule has 182 valence electrons. The summed E-state index contributed by atoms with van der Waals surface area (Å²) in [5.41, 5.74) is 0. The van der Waals surface area contributed by atoms with Gasteiger partial charge in [0.1, 0.15) is 0 Å². The van der Waals surface area contributed by atoms with E-state index in [0.717, 1.165) is 0 Å². The molecule has 1 heterocycles. The molecule has 0 spiro atoms. The van der Waals surface area contributed by atoms with Gasteiger partial charge in [0, 0.05) is 90.1 Å². The molecular formula is C18H34CaN4O9. The van der Waals surface area contributed by atoms with E-state index in [1.165, 1.54) is 0 Å². The first-order valence-electron chi connectivity index (χ1n) is 10.1. The number of rotatable bonds is 10. The van der Waals surface area contributed by atoms with Crippen molar-refractivity contribution in [2.24, 2.45) is 0 Å². The largest absolute Gasteiger partial charge is 0.480 e. The van der Waals surface area contributed by atoms with Gasteiger partial charge in [-0.3, -0.25) is 34.0 Å². The van der Waals surface area contributed by atoms with Gasteiger partial charge >= 0.3 is 17.9 Å². The van der Waals surface area contributed by atoms with Crippen LogP contribution in [0, 0.1) is 0 Å². The van der Waals surface area contributed by atoms with E-state index in [0.29, 0.717) is 0 Å². The van der Waals surface area contributed by atoms with Crippen LogP contribution >= 0.6 is 0 Å². The number of hydrogen-bond donors (Lipinski definition) is 6. The molecule has 2 atom stereocenters. The summed E-state index contributed by atoms with van der Waals surface area (Å²) in [6.07, 6.45) is -1.22. The van der Waals surface area contributed by atoms with E-state index >= 15 is 0 Å². The fourth-order valence-electron chi connectivity index (χ4n) is 3.53. The van der Waals surface area contributed by atoms with Crippen molar-refractivity contribution >= 4 is 55.6 Å². The summed E-state index contributed by atoms with van der Waals surface area (Å²) in [7, 11) is 0. The van der Waals surface area contributed by atoms with Gasteiger partial charge in [0.05, 0.1) is 45.0 Å². The normalized spacial score (nSPS) is 20.3. The molecule has 0 aliphatic carbocycles. The van der Waals surface area contributed by atoms with Crippen LogP contribution in [0.2, 0.25) is 0 Å². The molecular weight excluding hydrogens is 456 g/mol. The van der Waals surface area contributed by atoms with Crippen LogP contribution in [-0.2, 0) is 14.4 Å². The molecule has 0 bridgehead atoms. The second-order valence-corrected chi connectivity index (χ2v) is 7.55. The van der Waals surface area contributed by atoms with Crippen LogP contribution in [0.15, 0.2) is 0 Å². The predicted molar refractivity (Wildman–Crippen MR) is 114 cm³/mol. The first-order valence-corrected chi connectivity index (χ1v) is 10.1. The van der Waals surface area contributed by atoms with E-state index in [1.807, 2.05) is 0 Å². The van der Waals surface area contributed by atoms with E-state index in [1.54, 1.807) is 19.6 Å². The molecule has 2 radical (unpaired) electrons. The molecule has 1 saturated heterocycles. The number of carbonyl (C=O) groups is 3. The smallest absolute Gasteiger partial charge is 0.317 e. The molecule has 1 aliphatic heterocycles. The van der Waals surface area contributed by atoms with Gasteiger partial charge in [0.15, 0.2) is 0 Å². The molecule has 0 aromatic carbocycles. The molecule has 1 aliphatic rings. The maximum Gasteiger partial charge on any atom is 0.317 e. The summed E-state index contributed by atoms with van der Waals surface area (Å²) in [6.45, 7) is 0.396. The molecule has 0 aromatic heterocycles. The van der Waals surface area contributed by atoms with Crippen molar-refractivity contribution < 1.29 is 45.0 Å². The van der Waals surface area contributed by atoms with E-state index in [2.05, 4.69) is 0 Å². The third-order valence-electron chi connectivity index (χ3n) is 5.24. The van der Waals surface area contributed by atoms with Crippen LogP contribution in [0.1, 0.15) is 0 Å². The minimum atomic E-state index is -1.22. The second kappa shape index (κ2) is 16.9. The Hall–Kier alpha value is -0.610. The summed E-state index contributed by atoms with van der Waals surface area (Å²) >= 11 is 0. The van der Waals surface area contributed by atoms with Gasteiger partial charge in [0.2, 0.25) is 0 Å². The first kappa shape index (κ1) is 31.4. The monoisotopic (exact) mass is 490 g/mol. The molecule has 32 heavy (non-hydrogen) atoms. The zero-order valence-electron chi connectivity index (χ0n) is 18.3. The van der Waals surface area contributed by atoms with Crippen LogP contribution < -0.4 is 0 Å². The maximum atomic E-state index is 11.2. The first-order chi connectivity index (χ1) is 14.7. The standard InChI is InChI=1S/C18H34N4O9.Ca/c23-12-14(15(25)13-24)22-7-5-20(10-17(28)29)3-1-19(9-16(26)27)2-4-21(6-8-22)11-18(30)31;/h14-15,23-25H,1-13H2,(H,26,27)(H,28,29)(H,30,31);/t14-,15-;/m1./s1. The number of aliphatic hydroxyl groups excluding tert-OH is 3. The maximum absolute atomic E-state index is 11.2. The van der Waals surface area contributed by atoms with E-state index < -0.39 is 43.3 Å². The molecule has 1 fully saturated rings. The third-order valence-corrected chi connectivity index (χ3v) is 5.24. The molecule has 0 saturated carbocycles. The van der Waals surface area contributed by atoms with Crippen LogP contribution in [0.3, 0.4) is 0 Å². The van der Waals surface area contributed by atoms with Gasteiger partial charge in [-0.25, -0.2) is 0 Å². The fourth-order valence-corrected chi connectivity index (χ4v) is 3.53. The molecule has 13 nitrogen and oxygen atoms in total. The van der Waals surface area contributed by atoms with Gasteiger partial charge in [-0.15, -0.1) is 0 Å². The number of aliphatic hydroxyl groups is 3. The summed E-state index contributed by atoms with van der Waals surface area (Å²) < 4.78 is 0. The molecule has 0 unspecified atom stereocenters. The summed E-state index contributed by atoms with van der Waals surface area (Å²) in [4.78, 5) is 40.3.